The van der Waals surface area contributed by atoms with Gasteiger partial charge in [-0.3, -0.25) is 0 Å². The zero-order valence-electron chi connectivity index (χ0n) is 29.1. The summed E-state index contributed by atoms with van der Waals surface area (Å²) in [5.74, 6) is 0.426. The van der Waals surface area contributed by atoms with Crippen molar-refractivity contribution < 1.29 is 0 Å². The molecule has 0 spiro atoms. The van der Waals surface area contributed by atoms with E-state index in [9.17, 15) is 0 Å². The molecule has 2 bridgehead atoms. The summed E-state index contributed by atoms with van der Waals surface area (Å²) in [5.41, 5.74) is 10.7. The first-order chi connectivity index (χ1) is 21.9. The molecule has 0 saturated heterocycles. The van der Waals surface area contributed by atoms with E-state index in [1.54, 1.807) is 16.7 Å². The van der Waals surface area contributed by atoms with Gasteiger partial charge in [0.15, 0.2) is 0 Å². The summed E-state index contributed by atoms with van der Waals surface area (Å²) in [6.07, 6.45) is 25.9. The van der Waals surface area contributed by atoms with Crippen molar-refractivity contribution in [2.75, 3.05) is 0 Å². The van der Waals surface area contributed by atoms with E-state index in [0.29, 0.717) is 11.3 Å². The lowest BCUT2D eigenvalue weighted by Crippen LogP contribution is -2.39. The van der Waals surface area contributed by atoms with Crippen LogP contribution in [-0.2, 0) is 12.8 Å². The van der Waals surface area contributed by atoms with Gasteiger partial charge in [-0.2, -0.15) is 0 Å². The highest BCUT2D eigenvalue weighted by atomic mass is 14.5. The van der Waals surface area contributed by atoms with Gasteiger partial charge in [-0.1, -0.05) is 173 Å². The first-order valence-electron chi connectivity index (χ1n) is 18.7. The van der Waals surface area contributed by atoms with Crippen molar-refractivity contribution in [1.82, 2.24) is 0 Å². The van der Waals surface area contributed by atoms with Crippen molar-refractivity contribution in [1.29, 1.82) is 0 Å². The topological polar surface area (TPSA) is 0 Å². The zero-order chi connectivity index (χ0) is 31.5. The third-order valence-corrected chi connectivity index (χ3v) is 11.5. The Bertz CT molecular complexity index is 1320. The molecular formula is C45H62. The molecule has 0 amide bonds. The Morgan fingerprint density at radius 2 is 1.13 bits per heavy atom. The minimum Gasteiger partial charge on any atom is -0.0998 e. The third kappa shape index (κ3) is 9.47. The molecule has 0 heterocycles. The summed E-state index contributed by atoms with van der Waals surface area (Å²) < 4.78 is 0. The van der Waals surface area contributed by atoms with Crippen molar-refractivity contribution >= 4 is 0 Å². The monoisotopic (exact) mass is 602 g/mol. The van der Waals surface area contributed by atoms with Crippen LogP contribution in [0.2, 0.25) is 0 Å². The van der Waals surface area contributed by atoms with Gasteiger partial charge >= 0.3 is 0 Å². The summed E-state index contributed by atoms with van der Waals surface area (Å²) in [7, 11) is 0. The molecule has 1 unspecified atom stereocenters. The molecule has 0 heteroatoms. The van der Waals surface area contributed by atoms with Crippen LogP contribution in [0.25, 0.3) is 0 Å². The van der Waals surface area contributed by atoms with Crippen molar-refractivity contribution in [2.45, 2.75) is 149 Å². The van der Waals surface area contributed by atoms with Crippen LogP contribution in [-0.4, -0.2) is 0 Å². The molecule has 3 aromatic carbocycles. The molecule has 242 valence electrons. The zero-order valence-corrected chi connectivity index (χ0v) is 29.1. The van der Waals surface area contributed by atoms with Gasteiger partial charge in [0, 0.05) is 5.92 Å². The van der Waals surface area contributed by atoms with Crippen molar-refractivity contribution in [3.05, 3.63) is 118 Å². The molecule has 2 saturated carbocycles. The predicted molar refractivity (Wildman–Crippen MR) is 196 cm³/mol. The quantitative estimate of drug-likeness (QED) is 0.236. The smallest absolute Gasteiger partial charge is 0.0146 e. The summed E-state index contributed by atoms with van der Waals surface area (Å²) >= 11 is 0. The fourth-order valence-corrected chi connectivity index (χ4v) is 9.53. The highest BCUT2D eigenvalue weighted by Crippen LogP contribution is 2.58. The van der Waals surface area contributed by atoms with Gasteiger partial charge in [-0.25, -0.2) is 0 Å². The molecule has 0 nitrogen and oxygen atoms in total. The first-order valence-corrected chi connectivity index (χ1v) is 18.7. The second-order valence-corrected chi connectivity index (χ2v) is 15.7. The number of rotatable bonds is 7. The van der Waals surface area contributed by atoms with E-state index in [1.807, 2.05) is 0 Å². The fourth-order valence-electron chi connectivity index (χ4n) is 9.53. The molecule has 45 heavy (non-hydrogen) atoms. The number of benzene rings is 3. The van der Waals surface area contributed by atoms with E-state index in [0.717, 1.165) is 6.42 Å². The van der Waals surface area contributed by atoms with Gasteiger partial charge in [-0.05, 0) is 98.8 Å². The molecule has 0 radical (unpaired) electrons. The summed E-state index contributed by atoms with van der Waals surface area (Å²) in [6, 6.07) is 29.1. The van der Waals surface area contributed by atoms with Crippen molar-refractivity contribution in [3.63, 3.8) is 0 Å². The molecule has 0 aliphatic heterocycles. The number of fused-ring (bicyclic) bond motifs is 2. The summed E-state index contributed by atoms with van der Waals surface area (Å²) in [6.45, 7) is 10.9. The van der Waals surface area contributed by atoms with Gasteiger partial charge in [-0.15, -0.1) is 0 Å². The second kappa shape index (κ2) is 16.3. The molecular weight excluding hydrogens is 540 g/mol. The van der Waals surface area contributed by atoms with E-state index < -0.39 is 0 Å². The molecule has 1 atom stereocenters. The molecule has 2 aliphatic carbocycles. The van der Waals surface area contributed by atoms with Gasteiger partial charge in [0.25, 0.3) is 0 Å². The number of allylic oxidation sites excluding steroid dienone is 1. The van der Waals surface area contributed by atoms with Crippen LogP contribution in [0.15, 0.2) is 84.9 Å². The molecule has 2 fully saturated rings. The maximum atomic E-state index is 4.21. The fraction of sp³-hybridized carbons (Fsp3) is 0.556. The minimum absolute atomic E-state index is 0.252. The second-order valence-electron chi connectivity index (χ2n) is 15.7. The van der Waals surface area contributed by atoms with Crippen LogP contribution >= 0.6 is 0 Å². The summed E-state index contributed by atoms with van der Waals surface area (Å²) in [5, 5.41) is 0. The van der Waals surface area contributed by atoms with Crippen molar-refractivity contribution in [3.8, 4) is 0 Å². The maximum absolute atomic E-state index is 4.21. The Morgan fingerprint density at radius 1 is 0.600 bits per heavy atom. The predicted octanol–water partition coefficient (Wildman–Crippen LogP) is 13.4. The van der Waals surface area contributed by atoms with Crippen LogP contribution in [0.3, 0.4) is 0 Å². The Balaban J connectivity index is 1.69. The van der Waals surface area contributed by atoms with Crippen LogP contribution in [0, 0.1) is 24.7 Å². The average molecular weight is 603 g/mol. The Morgan fingerprint density at radius 3 is 1.69 bits per heavy atom. The van der Waals surface area contributed by atoms with E-state index in [2.05, 4.69) is 100 Å². The normalized spacial score (nSPS) is 24.5. The lowest BCUT2D eigenvalue weighted by atomic mass is 9.55. The van der Waals surface area contributed by atoms with E-state index in [1.165, 1.54) is 138 Å². The Hall–Kier alpha value is -2.60. The van der Waals surface area contributed by atoms with E-state index >= 15 is 0 Å². The third-order valence-electron chi connectivity index (χ3n) is 11.5. The molecule has 3 aromatic rings. The Kier molecular flexibility index (Phi) is 12.2. The van der Waals surface area contributed by atoms with E-state index in [4.69, 9.17) is 0 Å². The van der Waals surface area contributed by atoms with Gasteiger partial charge in [0.05, 0.1) is 0 Å². The lowest BCUT2D eigenvalue weighted by Gasteiger charge is -2.49. The van der Waals surface area contributed by atoms with Crippen LogP contribution < -0.4 is 0 Å². The maximum Gasteiger partial charge on any atom is 0.0146 e. The van der Waals surface area contributed by atoms with Crippen LogP contribution in [0.4, 0.5) is 0 Å². The molecule has 0 aromatic heterocycles. The summed E-state index contributed by atoms with van der Waals surface area (Å²) in [4.78, 5) is 0. The average Bonchev–Trinajstić information content (AvgIpc) is 3.06. The minimum atomic E-state index is 0.252. The highest BCUT2D eigenvalue weighted by Gasteiger charge is 2.46. The lowest BCUT2D eigenvalue weighted by molar-refractivity contribution is 0.0673. The standard InChI is InChI=1S/C45H62/c1-36(2)31-39-23-25-41(26-24-39)43(42-22-18-20-38(4)33-42)45-29-15-11-7-5-9-13-27-44(35-45,28-14-10-6-8-12-16-30-45)34-40-21-17-19-37(3)32-40/h17-26,32-33,43H,1,5-16,27-31,34-35H2,2-4H3. The van der Waals surface area contributed by atoms with Gasteiger partial charge in [0.2, 0.25) is 0 Å². The SMILES string of the molecule is C=C(C)Cc1ccc(C(c2cccc(C)c2)C23CCCCCCCCC(Cc4cccc(C)c4)(CCCCCCCC2)C3)cc1. The van der Waals surface area contributed by atoms with Crippen molar-refractivity contribution in [2.24, 2.45) is 10.8 Å². The number of hydrogen-bond acceptors (Lipinski definition) is 0. The number of aryl methyl sites for hydroxylation is 2. The number of hydrogen-bond donors (Lipinski definition) is 0. The van der Waals surface area contributed by atoms with Gasteiger partial charge in [0.1, 0.15) is 0 Å². The molecule has 0 N–H and O–H groups in total. The first kappa shape index (κ1) is 33.8. The van der Waals surface area contributed by atoms with Crippen LogP contribution in [0.1, 0.15) is 155 Å². The van der Waals surface area contributed by atoms with Crippen LogP contribution in [0.5, 0.6) is 0 Å². The Labute approximate surface area is 277 Å². The largest absolute Gasteiger partial charge is 0.0998 e. The molecule has 5 rings (SSSR count). The van der Waals surface area contributed by atoms with Gasteiger partial charge < -0.3 is 0 Å². The molecule has 2 aliphatic rings. The van der Waals surface area contributed by atoms with E-state index in [-0.39, 0.29) is 5.41 Å². The highest BCUT2D eigenvalue weighted by molar-refractivity contribution is 5.39.